The van der Waals surface area contributed by atoms with Crippen molar-refractivity contribution in [3.63, 3.8) is 0 Å². The van der Waals surface area contributed by atoms with Crippen molar-refractivity contribution >= 4 is 27.4 Å². The van der Waals surface area contributed by atoms with Gasteiger partial charge in [0.15, 0.2) is 11.5 Å². The summed E-state index contributed by atoms with van der Waals surface area (Å²) in [6.07, 6.45) is 0. The standard InChI is InChI=1S/C26H24O5S/c1-16-5-7-17(8-6-16)15-31-26(27)24-20-13-21(29-3)22(30-4)14-23(20)32-25(24)18-9-11-19(28-2)12-10-18/h5-14H,15H2,1-4H3. The number of benzene rings is 3. The molecule has 0 radical (unpaired) electrons. The maximum absolute atomic E-state index is 13.3. The minimum atomic E-state index is -0.380. The molecule has 0 aliphatic heterocycles. The Morgan fingerprint density at radius 2 is 1.50 bits per heavy atom. The van der Waals surface area contributed by atoms with Gasteiger partial charge in [0.25, 0.3) is 0 Å². The molecule has 4 rings (SSSR count). The molecule has 4 aromatic rings. The number of hydrogen-bond donors (Lipinski definition) is 0. The maximum atomic E-state index is 13.3. The molecule has 6 heteroatoms. The largest absolute Gasteiger partial charge is 0.497 e. The number of esters is 1. The minimum absolute atomic E-state index is 0.200. The van der Waals surface area contributed by atoms with E-state index in [4.69, 9.17) is 18.9 Å². The van der Waals surface area contributed by atoms with Crippen molar-refractivity contribution in [1.82, 2.24) is 0 Å². The first-order valence-electron chi connectivity index (χ1n) is 10.1. The normalized spacial score (nSPS) is 10.8. The van der Waals surface area contributed by atoms with Crippen LogP contribution in [0, 0.1) is 6.92 Å². The zero-order chi connectivity index (χ0) is 22.7. The van der Waals surface area contributed by atoms with E-state index in [0.717, 1.165) is 37.4 Å². The van der Waals surface area contributed by atoms with Gasteiger partial charge in [0.2, 0.25) is 0 Å². The SMILES string of the molecule is COc1ccc(-c2sc3cc(OC)c(OC)cc3c2C(=O)OCc2ccc(C)cc2)cc1. The summed E-state index contributed by atoms with van der Waals surface area (Å²) in [5.74, 6) is 1.55. The predicted octanol–water partition coefficient (Wildman–Crippen LogP) is 6.26. The predicted molar refractivity (Wildman–Crippen MR) is 127 cm³/mol. The fourth-order valence-corrected chi connectivity index (χ4v) is 4.68. The van der Waals surface area contributed by atoms with Crippen LogP contribution in [0.2, 0.25) is 0 Å². The molecule has 0 aliphatic carbocycles. The maximum Gasteiger partial charge on any atom is 0.340 e. The van der Waals surface area contributed by atoms with E-state index in [0.29, 0.717) is 17.1 Å². The third-order valence-electron chi connectivity index (χ3n) is 5.24. The van der Waals surface area contributed by atoms with Gasteiger partial charge in [-0.15, -0.1) is 11.3 Å². The molecule has 0 bridgehead atoms. The van der Waals surface area contributed by atoms with Crippen molar-refractivity contribution in [2.24, 2.45) is 0 Å². The molecule has 0 spiro atoms. The summed E-state index contributed by atoms with van der Waals surface area (Å²) in [5, 5.41) is 0.771. The third kappa shape index (κ3) is 4.27. The lowest BCUT2D eigenvalue weighted by Gasteiger charge is -2.09. The monoisotopic (exact) mass is 448 g/mol. The van der Waals surface area contributed by atoms with Crippen LogP contribution in [0.5, 0.6) is 17.2 Å². The summed E-state index contributed by atoms with van der Waals surface area (Å²) in [6, 6.07) is 19.3. The van der Waals surface area contributed by atoms with Crippen LogP contribution in [0.4, 0.5) is 0 Å². The molecule has 0 amide bonds. The highest BCUT2D eigenvalue weighted by Crippen LogP contribution is 2.44. The van der Waals surface area contributed by atoms with Crippen molar-refractivity contribution in [2.75, 3.05) is 21.3 Å². The quantitative estimate of drug-likeness (QED) is 0.312. The van der Waals surface area contributed by atoms with Gasteiger partial charge in [0.05, 0.1) is 31.8 Å². The fourth-order valence-electron chi connectivity index (χ4n) is 3.48. The smallest absolute Gasteiger partial charge is 0.340 e. The van der Waals surface area contributed by atoms with Crippen molar-refractivity contribution in [1.29, 1.82) is 0 Å². The molecule has 0 saturated carbocycles. The van der Waals surface area contributed by atoms with E-state index in [1.54, 1.807) is 21.3 Å². The van der Waals surface area contributed by atoms with Crippen LogP contribution >= 0.6 is 11.3 Å². The fraction of sp³-hybridized carbons (Fsp3) is 0.192. The Morgan fingerprint density at radius 3 is 2.12 bits per heavy atom. The van der Waals surface area contributed by atoms with Crippen LogP contribution in [0.3, 0.4) is 0 Å². The lowest BCUT2D eigenvalue weighted by atomic mass is 10.1. The molecule has 3 aromatic carbocycles. The first-order chi connectivity index (χ1) is 15.5. The molecule has 0 N–H and O–H groups in total. The van der Waals surface area contributed by atoms with Gasteiger partial charge in [0, 0.05) is 16.2 Å². The minimum Gasteiger partial charge on any atom is -0.497 e. The first kappa shape index (κ1) is 21.7. The topological polar surface area (TPSA) is 54.0 Å². The van der Waals surface area contributed by atoms with Gasteiger partial charge in [0.1, 0.15) is 12.4 Å². The second-order valence-electron chi connectivity index (χ2n) is 7.30. The van der Waals surface area contributed by atoms with Crippen molar-refractivity contribution in [3.05, 3.63) is 77.4 Å². The molecule has 0 fully saturated rings. The molecule has 0 unspecified atom stereocenters. The molecule has 32 heavy (non-hydrogen) atoms. The van der Waals surface area contributed by atoms with E-state index in [1.165, 1.54) is 11.3 Å². The van der Waals surface area contributed by atoms with Crippen LogP contribution < -0.4 is 14.2 Å². The van der Waals surface area contributed by atoms with Crippen molar-refractivity contribution in [3.8, 4) is 27.7 Å². The van der Waals surface area contributed by atoms with Crippen LogP contribution in [0.25, 0.3) is 20.5 Å². The number of thiophene rings is 1. The summed E-state index contributed by atoms with van der Waals surface area (Å²) in [6.45, 7) is 2.22. The molecular formula is C26H24O5S. The second-order valence-corrected chi connectivity index (χ2v) is 8.35. The summed E-state index contributed by atoms with van der Waals surface area (Å²) in [5.41, 5.74) is 3.52. The van der Waals surface area contributed by atoms with E-state index < -0.39 is 0 Å². The van der Waals surface area contributed by atoms with Gasteiger partial charge in [-0.1, -0.05) is 29.8 Å². The molecule has 0 aliphatic rings. The Balaban J connectivity index is 1.79. The highest BCUT2D eigenvalue weighted by molar-refractivity contribution is 7.22. The first-order valence-corrected chi connectivity index (χ1v) is 10.9. The zero-order valence-corrected chi connectivity index (χ0v) is 19.2. The molecule has 0 saturated heterocycles. The Bertz CT molecular complexity index is 1240. The number of hydrogen-bond acceptors (Lipinski definition) is 6. The Morgan fingerprint density at radius 1 is 0.844 bits per heavy atom. The van der Waals surface area contributed by atoms with Crippen molar-refractivity contribution < 1.29 is 23.7 Å². The highest BCUT2D eigenvalue weighted by Gasteiger charge is 2.23. The molecule has 1 aromatic heterocycles. The average Bonchev–Trinajstić information content (AvgIpc) is 3.21. The van der Waals surface area contributed by atoms with E-state index in [-0.39, 0.29) is 12.6 Å². The summed E-state index contributed by atoms with van der Waals surface area (Å²) in [7, 11) is 4.80. The lowest BCUT2D eigenvalue weighted by molar-refractivity contribution is 0.0476. The van der Waals surface area contributed by atoms with Crippen LogP contribution in [-0.2, 0) is 11.3 Å². The van der Waals surface area contributed by atoms with Gasteiger partial charge < -0.3 is 18.9 Å². The van der Waals surface area contributed by atoms with E-state index in [1.807, 2.05) is 67.6 Å². The van der Waals surface area contributed by atoms with Gasteiger partial charge >= 0.3 is 5.97 Å². The Kier molecular flexibility index (Phi) is 6.32. The van der Waals surface area contributed by atoms with Gasteiger partial charge in [-0.2, -0.15) is 0 Å². The number of fused-ring (bicyclic) bond motifs is 1. The molecule has 0 atom stereocenters. The molecule has 5 nitrogen and oxygen atoms in total. The molecule has 164 valence electrons. The molecule has 1 heterocycles. The summed E-state index contributed by atoms with van der Waals surface area (Å²) < 4.78 is 22.8. The van der Waals surface area contributed by atoms with E-state index in [9.17, 15) is 4.79 Å². The van der Waals surface area contributed by atoms with Crippen molar-refractivity contribution in [2.45, 2.75) is 13.5 Å². The molecular weight excluding hydrogens is 424 g/mol. The number of methoxy groups -OCH3 is 3. The number of rotatable bonds is 7. The lowest BCUT2D eigenvalue weighted by Crippen LogP contribution is -2.06. The zero-order valence-electron chi connectivity index (χ0n) is 18.4. The van der Waals surface area contributed by atoms with Gasteiger partial charge in [-0.3, -0.25) is 0 Å². The number of ether oxygens (including phenoxy) is 4. The summed E-state index contributed by atoms with van der Waals surface area (Å²) in [4.78, 5) is 14.1. The second kappa shape index (κ2) is 9.32. The Hall–Kier alpha value is -3.51. The number of aryl methyl sites for hydroxylation is 1. The van der Waals surface area contributed by atoms with Gasteiger partial charge in [-0.25, -0.2) is 4.79 Å². The van der Waals surface area contributed by atoms with E-state index in [2.05, 4.69) is 0 Å². The number of carbonyl (C=O) groups is 1. The van der Waals surface area contributed by atoms with Crippen LogP contribution in [-0.4, -0.2) is 27.3 Å². The highest BCUT2D eigenvalue weighted by atomic mass is 32.1. The third-order valence-corrected chi connectivity index (χ3v) is 6.44. The average molecular weight is 449 g/mol. The summed E-state index contributed by atoms with van der Waals surface area (Å²) >= 11 is 1.51. The van der Waals surface area contributed by atoms with Gasteiger partial charge in [-0.05, 0) is 48.4 Å². The van der Waals surface area contributed by atoms with E-state index >= 15 is 0 Å². The van der Waals surface area contributed by atoms with Crippen LogP contribution in [0.1, 0.15) is 21.5 Å². The Labute approximate surface area is 191 Å². The number of carbonyl (C=O) groups excluding carboxylic acids is 1. The van der Waals surface area contributed by atoms with Crippen LogP contribution in [0.15, 0.2) is 60.7 Å².